The van der Waals surface area contributed by atoms with E-state index in [1.165, 1.54) is 0 Å². The molecule has 0 N–H and O–H groups in total. The third kappa shape index (κ3) is 6.97. The van der Waals surface area contributed by atoms with Gasteiger partial charge in [-0.15, -0.1) is 0 Å². The lowest BCUT2D eigenvalue weighted by molar-refractivity contribution is 0.484. The summed E-state index contributed by atoms with van der Waals surface area (Å²) in [6, 6.07) is 39.1. The number of fused-ring (bicyclic) bond motifs is 2. The van der Waals surface area contributed by atoms with Crippen LogP contribution in [-0.2, 0) is 20.2 Å². The van der Waals surface area contributed by atoms with Gasteiger partial charge in [-0.3, -0.25) is 0 Å². The molecule has 0 saturated carbocycles. The second-order valence-corrected chi connectivity index (χ2v) is 12.8. The van der Waals surface area contributed by atoms with Crippen LogP contribution >= 0.6 is 0 Å². The van der Waals surface area contributed by atoms with Crippen LogP contribution in [0.2, 0.25) is 0 Å². The first-order valence-corrected chi connectivity index (χ1v) is 15.9. The fourth-order valence-corrected chi connectivity index (χ4v) is 6.04. The molecule has 6 aromatic carbocycles. The van der Waals surface area contributed by atoms with Gasteiger partial charge in [0, 0.05) is 0 Å². The molecule has 0 aliphatic carbocycles. The summed E-state index contributed by atoms with van der Waals surface area (Å²) in [6.07, 6.45) is 0. The summed E-state index contributed by atoms with van der Waals surface area (Å²) in [5, 5.41) is 3.96. The Morgan fingerprint density at radius 2 is 0.738 bits per heavy atom. The van der Waals surface area contributed by atoms with E-state index in [1.54, 1.807) is 72.8 Å². The molecule has 6 aromatic rings. The summed E-state index contributed by atoms with van der Waals surface area (Å²) >= 11 is 0. The van der Waals surface area contributed by atoms with E-state index in [0.717, 1.165) is 32.7 Å². The zero-order valence-electron chi connectivity index (χ0n) is 23.0. The van der Waals surface area contributed by atoms with Crippen molar-refractivity contribution >= 4 is 41.8 Å². The van der Waals surface area contributed by atoms with Crippen molar-refractivity contribution in [2.45, 2.75) is 23.6 Å². The Kier molecular flexibility index (Phi) is 8.29. The number of hydrogen-bond donors (Lipinski definition) is 0. The largest absolute Gasteiger partial charge is 0.379 e. The van der Waals surface area contributed by atoms with Crippen LogP contribution in [-0.4, -0.2) is 16.8 Å². The topological polar surface area (TPSA) is 86.7 Å². The fraction of sp³-hybridized carbons (Fsp3) is 0.0588. The molecule has 6 rings (SSSR count). The molecule has 212 valence electrons. The summed E-state index contributed by atoms with van der Waals surface area (Å²) in [4.78, 5) is 0.308. The predicted molar refractivity (Wildman–Crippen MR) is 166 cm³/mol. The molecule has 0 atom stereocenters. The first-order chi connectivity index (χ1) is 20.1. The average Bonchev–Trinajstić information content (AvgIpc) is 2.97. The molecule has 42 heavy (non-hydrogen) atoms. The predicted octanol–water partition coefficient (Wildman–Crippen LogP) is 7.83. The molecule has 0 amide bonds. The molecule has 8 heteroatoms. The van der Waals surface area contributed by atoms with Gasteiger partial charge in [-0.2, -0.15) is 16.8 Å². The summed E-state index contributed by atoms with van der Waals surface area (Å²) in [5.74, 6) is 0.628. The molecule has 0 saturated heterocycles. The first-order valence-electron chi connectivity index (χ1n) is 13.1. The lowest BCUT2D eigenvalue weighted by Gasteiger charge is -2.08. The highest BCUT2D eigenvalue weighted by atomic mass is 32.2. The lowest BCUT2D eigenvalue weighted by Crippen LogP contribution is -2.09. The minimum Gasteiger partial charge on any atom is -0.379 e. The maximum Gasteiger partial charge on any atom is 0.339 e. The van der Waals surface area contributed by atoms with Crippen molar-refractivity contribution in [3.63, 3.8) is 0 Å². The number of hydrogen-bond acceptors (Lipinski definition) is 6. The Bertz CT molecular complexity index is 1920. The summed E-state index contributed by atoms with van der Waals surface area (Å²) < 4.78 is 59.3. The molecule has 0 unspecified atom stereocenters. The van der Waals surface area contributed by atoms with E-state index in [1.807, 2.05) is 74.5 Å². The Morgan fingerprint density at radius 3 is 1.10 bits per heavy atom. The van der Waals surface area contributed by atoms with Crippen molar-refractivity contribution < 1.29 is 25.2 Å². The number of aryl methyl sites for hydroxylation is 2. The van der Waals surface area contributed by atoms with Gasteiger partial charge >= 0.3 is 20.2 Å². The van der Waals surface area contributed by atoms with Gasteiger partial charge in [-0.05, 0) is 83.9 Å². The zero-order chi connectivity index (χ0) is 29.7. The minimum absolute atomic E-state index is 0.154. The second-order valence-electron chi connectivity index (χ2n) is 9.72. The van der Waals surface area contributed by atoms with Crippen LogP contribution in [0, 0.1) is 13.8 Å². The molecule has 6 nitrogen and oxygen atoms in total. The van der Waals surface area contributed by atoms with Crippen LogP contribution in [0.15, 0.2) is 143 Å². The van der Waals surface area contributed by atoms with E-state index in [4.69, 9.17) is 8.37 Å². The van der Waals surface area contributed by atoms with Crippen LogP contribution in [0.3, 0.4) is 0 Å². The van der Waals surface area contributed by atoms with Crippen molar-refractivity contribution in [2.24, 2.45) is 0 Å². The van der Waals surface area contributed by atoms with E-state index in [0.29, 0.717) is 11.5 Å². The van der Waals surface area contributed by atoms with Crippen molar-refractivity contribution in [3.05, 3.63) is 145 Å². The van der Waals surface area contributed by atoms with Crippen molar-refractivity contribution in [3.8, 4) is 11.5 Å². The van der Waals surface area contributed by atoms with Crippen LogP contribution < -0.4 is 8.37 Å². The maximum absolute atomic E-state index is 12.2. The highest BCUT2D eigenvalue weighted by Gasteiger charge is 2.17. The molecule has 0 aliphatic rings. The Hall–Kier alpha value is -4.66. The van der Waals surface area contributed by atoms with Crippen LogP contribution in [0.5, 0.6) is 11.5 Å². The van der Waals surface area contributed by atoms with Crippen molar-refractivity contribution in [2.75, 3.05) is 0 Å². The third-order valence-corrected chi connectivity index (χ3v) is 9.00. The highest BCUT2D eigenvalue weighted by Crippen LogP contribution is 2.25. The molecular weight excluding hydrogens is 569 g/mol. The SMILES string of the molecule is Cc1ccc(S(=O)(=O)Oc2ccc3ccccc3c2)cc1.Cc1ccc(S(=O)(=O)Oc2ccc3ccccc3c2)cc1. The molecule has 0 heterocycles. The first kappa shape index (κ1) is 28.9. The number of rotatable bonds is 6. The van der Waals surface area contributed by atoms with E-state index in [-0.39, 0.29) is 9.79 Å². The summed E-state index contributed by atoms with van der Waals surface area (Å²) in [6.45, 7) is 3.81. The standard InChI is InChI=1S/2C17H14O3S/c2*1-13-6-10-17(11-7-13)21(18,19)20-16-9-8-14-4-2-3-5-15(14)12-16/h2*2-12H,1H3. The van der Waals surface area contributed by atoms with Gasteiger partial charge in [-0.25, -0.2) is 0 Å². The number of benzene rings is 6. The fourth-order valence-electron chi connectivity index (χ4n) is 4.20. The van der Waals surface area contributed by atoms with Crippen molar-refractivity contribution in [1.82, 2.24) is 0 Å². The Morgan fingerprint density at radius 1 is 0.405 bits per heavy atom. The van der Waals surface area contributed by atoms with Gasteiger partial charge in [-0.1, -0.05) is 96.1 Å². The molecule has 0 aromatic heterocycles. The Balaban J connectivity index is 0.000000168. The molecule has 0 bridgehead atoms. The smallest absolute Gasteiger partial charge is 0.339 e. The van der Waals surface area contributed by atoms with Gasteiger partial charge < -0.3 is 8.37 Å². The lowest BCUT2D eigenvalue weighted by atomic mass is 10.1. The van der Waals surface area contributed by atoms with Gasteiger partial charge in [0.1, 0.15) is 21.3 Å². The van der Waals surface area contributed by atoms with Gasteiger partial charge in [0.2, 0.25) is 0 Å². The van der Waals surface area contributed by atoms with Crippen LogP contribution in [0.1, 0.15) is 11.1 Å². The molecule has 0 spiro atoms. The molecule has 0 fully saturated rings. The average molecular weight is 597 g/mol. The zero-order valence-corrected chi connectivity index (χ0v) is 24.6. The molecule has 0 aliphatic heterocycles. The second kappa shape index (κ2) is 12.1. The summed E-state index contributed by atoms with van der Waals surface area (Å²) in [7, 11) is -7.60. The third-order valence-electron chi connectivity index (χ3n) is 6.47. The van der Waals surface area contributed by atoms with Crippen LogP contribution in [0.25, 0.3) is 21.5 Å². The van der Waals surface area contributed by atoms with E-state index >= 15 is 0 Å². The normalized spacial score (nSPS) is 11.5. The summed E-state index contributed by atoms with van der Waals surface area (Å²) in [5.41, 5.74) is 2.00. The van der Waals surface area contributed by atoms with Crippen molar-refractivity contribution in [1.29, 1.82) is 0 Å². The monoisotopic (exact) mass is 596 g/mol. The van der Waals surface area contributed by atoms with E-state index in [2.05, 4.69) is 0 Å². The van der Waals surface area contributed by atoms with Gasteiger partial charge in [0.25, 0.3) is 0 Å². The van der Waals surface area contributed by atoms with Crippen LogP contribution in [0.4, 0.5) is 0 Å². The van der Waals surface area contributed by atoms with Gasteiger partial charge in [0.15, 0.2) is 0 Å². The minimum atomic E-state index is -3.80. The van der Waals surface area contributed by atoms with Gasteiger partial charge in [0.05, 0.1) is 0 Å². The van der Waals surface area contributed by atoms with E-state index in [9.17, 15) is 16.8 Å². The highest BCUT2D eigenvalue weighted by molar-refractivity contribution is 7.87. The Labute approximate surface area is 246 Å². The van der Waals surface area contributed by atoms with E-state index < -0.39 is 20.2 Å². The quantitative estimate of drug-likeness (QED) is 0.182. The molecular formula is C34H28O6S2. The molecule has 0 radical (unpaired) electrons. The maximum atomic E-state index is 12.2.